The van der Waals surface area contributed by atoms with Crippen molar-refractivity contribution in [2.24, 2.45) is 4.99 Å². The molecule has 1 saturated carbocycles. The Morgan fingerprint density at radius 3 is 2.34 bits per heavy atom. The van der Waals surface area contributed by atoms with E-state index in [9.17, 15) is 13.2 Å². The highest BCUT2D eigenvalue weighted by Gasteiger charge is 2.26. The van der Waals surface area contributed by atoms with Crippen LogP contribution in [0.25, 0.3) is 0 Å². The molecule has 0 unspecified atom stereocenters. The van der Waals surface area contributed by atoms with Gasteiger partial charge in [0.15, 0.2) is 0 Å². The summed E-state index contributed by atoms with van der Waals surface area (Å²) in [5, 5.41) is 0. The molecule has 1 amide bonds. The third-order valence-electron chi connectivity index (χ3n) is 7.99. The minimum atomic E-state index is -3.88. The Balaban J connectivity index is 1.26. The molecule has 3 aromatic carbocycles. The monoisotopic (exact) mass is 590 g/mol. The number of benzene rings is 3. The number of thioether (sulfide) groups is 1. The molecule has 2 aliphatic rings. The summed E-state index contributed by atoms with van der Waals surface area (Å²) in [6.07, 6.45) is 9.37. The summed E-state index contributed by atoms with van der Waals surface area (Å²) >= 11 is 1.72. The lowest BCUT2D eigenvalue weighted by molar-refractivity contribution is 0.0747. The van der Waals surface area contributed by atoms with E-state index in [1.165, 1.54) is 17.0 Å². The summed E-state index contributed by atoms with van der Waals surface area (Å²) in [6, 6.07) is 20.6. The fraction of sp³-hybridized carbons (Fsp3) is 0.375. The van der Waals surface area contributed by atoms with E-state index >= 15 is 0 Å². The molecule has 5 rings (SSSR count). The molecule has 1 N–H and O–H groups in total. The van der Waals surface area contributed by atoms with Crippen molar-refractivity contribution in [1.82, 2.24) is 4.90 Å². The molecule has 0 aromatic heterocycles. The van der Waals surface area contributed by atoms with Gasteiger partial charge < -0.3 is 9.80 Å². The van der Waals surface area contributed by atoms with Crippen LogP contribution in [0.4, 0.5) is 17.1 Å². The fourth-order valence-electron chi connectivity index (χ4n) is 5.81. The van der Waals surface area contributed by atoms with E-state index in [4.69, 9.17) is 0 Å². The number of anilines is 2. The van der Waals surface area contributed by atoms with Crippen molar-refractivity contribution in [3.8, 4) is 0 Å². The number of piperazine rings is 1. The van der Waals surface area contributed by atoms with Crippen molar-refractivity contribution >= 4 is 51.0 Å². The standard InChI is InChI=1S/C32H38N4O3S2/c1-3-33-31-29(24-9-5-4-6-10-24)13-8-14-30(31)41(38,39)34-26-17-15-25(16-18-26)32(37)36-21-19-35(20-22-36)27-11-7-12-28(23-27)40-2/h3,7-8,11-18,23-24,34H,4-6,9-10,19-22H2,1-2H3/b33-3-. The molecule has 1 aliphatic heterocycles. The number of para-hydroxylation sites is 1. The maximum absolute atomic E-state index is 13.5. The first-order valence-corrected chi connectivity index (χ1v) is 17.0. The van der Waals surface area contributed by atoms with Crippen molar-refractivity contribution < 1.29 is 13.2 Å². The number of carbonyl (C=O) groups excluding carboxylic acids is 1. The second-order valence-electron chi connectivity index (χ2n) is 10.6. The lowest BCUT2D eigenvalue weighted by Gasteiger charge is -2.36. The average molecular weight is 591 g/mol. The van der Waals surface area contributed by atoms with E-state index in [2.05, 4.69) is 45.1 Å². The number of rotatable bonds is 8. The van der Waals surface area contributed by atoms with E-state index in [-0.39, 0.29) is 10.8 Å². The van der Waals surface area contributed by atoms with Gasteiger partial charge in [-0.2, -0.15) is 0 Å². The van der Waals surface area contributed by atoms with Gasteiger partial charge in [-0.05, 0) is 86.0 Å². The zero-order valence-electron chi connectivity index (χ0n) is 23.8. The molecule has 1 heterocycles. The highest BCUT2D eigenvalue weighted by Crippen LogP contribution is 2.40. The van der Waals surface area contributed by atoms with E-state index in [1.807, 2.05) is 17.0 Å². The second-order valence-corrected chi connectivity index (χ2v) is 13.1. The lowest BCUT2D eigenvalue weighted by atomic mass is 9.83. The summed E-state index contributed by atoms with van der Waals surface area (Å²) in [4.78, 5) is 23.3. The Morgan fingerprint density at radius 1 is 0.951 bits per heavy atom. The minimum absolute atomic E-state index is 0.0447. The Morgan fingerprint density at radius 2 is 1.66 bits per heavy atom. The first-order valence-electron chi connectivity index (χ1n) is 14.3. The molecule has 9 heteroatoms. The molecule has 3 aromatic rings. The molecule has 0 radical (unpaired) electrons. The van der Waals surface area contributed by atoms with Gasteiger partial charge in [0.25, 0.3) is 15.9 Å². The number of hydrogen-bond acceptors (Lipinski definition) is 6. The first-order chi connectivity index (χ1) is 19.9. The molecule has 41 heavy (non-hydrogen) atoms. The minimum Gasteiger partial charge on any atom is -0.368 e. The smallest absolute Gasteiger partial charge is 0.264 e. The molecule has 7 nitrogen and oxygen atoms in total. The summed E-state index contributed by atoms with van der Waals surface area (Å²) in [5.74, 6) is 0.280. The van der Waals surface area contributed by atoms with Crippen LogP contribution < -0.4 is 9.62 Å². The predicted octanol–water partition coefficient (Wildman–Crippen LogP) is 6.94. The quantitative estimate of drug-likeness (QED) is 0.227. The SMILES string of the molecule is C/C=N\c1c(C2CCCCC2)cccc1S(=O)(=O)Nc1ccc(C(=O)N2CCN(c3cccc(SC)c3)CC2)cc1. The van der Waals surface area contributed by atoms with E-state index in [0.717, 1.165) is 44.3 Å². The van der Waals surface area contributed by atoms with Crippen LogP contribution in [0.1, 0.15) is 60.9 Å². The molecule has 0 spiro atoms. The van der Waals surface area contributed by atoms with Gasteiger partial charge in [0.2, 0.25) is 0 Å². The number of nitrogens with one attached hydrogen (secondary N) is 1. The maximum Gasteiger partial charge on any atom is 0.264 e. The number of amides is 1. The Hall–Kier alpha value is -3.30. The highest BCUT2D eigenvalue weighted by molar-refractivity contribution is 7.98. The first kappa shape index (κ1) is 29.2. The molecule has 0 atom stereocenters. The van der Waals surface area contributed by atoms with Crippen LogP contribution in [0.3, 0.4) is 0 Å². The topological polar surface area (TPSA) is 82.1 Å². The van der Waals surface area contributed by atoms with Crippen LogP contribution in [-0.4, -0.2) is 57.9 Å². The van der Waals surface area contributed by atoms with Crippen molar-refractivity contribution in [2.45, 2.75) is 54.7 Å². The van der Waals surface area contributed by atoms with Crippen LogP contribution in [0.15, 0.2) is 81.5 Å². The molecule has 0 bridgehead atoms. The van der Waals surface area contributed by atoms with Gasteiger partial charge >= 0.3 is 0 Å². The fourth-order valence-corrected chi connectivity index (χ4v) is 7.51. The molecular formula is C32H38N4O3S2. The van der Waals surface area contributed by atoms with Gasteiger partial charge in [-0.3, -0.25) is 14.5 Å². The average Bonchev–Trinajstić information content (AvgIpc) is 3.01. The Bertz CT molecular complexity index is 1490. The van der Waals surface area contributed by atoms with Gasteiger partial charge in [-0.1, -0.05) is 37.5 Å². The number of carbonyl (C=O) groups is 1. The summed E-state index contributed by atoms with van der Waals surface area (Å²) in [5.41, 5.74) is 3.66. The van der Waals surface area contributed by atoms with Crippen LogP contribution >= 0.6 is 11.8 Å². The highest BCUT2D eigenvalue weighted by atomic mass is 32.2. The van der Waals surface area contributed by atoms with E-state index in [0.29, 0.717) is 35.9 Å². The summed E-state index contributed by atoms with van der Waals surface area (Å²) in [6.45, 7) is 4.61. The Kier molecular flexibility index (Phi) is 9.35. The number of nitrogens with zero attached hydrogens (tertiary/aromatic N) is 3. The number of hydrogen-bond donors (Lipinski definition) is 1. The van der Waals surface area contributed by atoms with Crippen LogP contribution in [0.5, 0.6) is 0 Å². The van der Waals surface area contributed by atoms with Crippen LogP contribution in [-0.2, 0) is 10.0 Å². The number of aliphatic imine (C=N–C) groups is 1. The van der Waals surface area contributed by atoms with Crippen LogP contribution in [0.2, 0.25) is 0 Å². The molecule has 216 valence electrons. The molecular weight excluding hydrogens is 553 g/mol. The zero-order chi connectivity index (χ0) is 28.8. The third kappa shape index (κ3) is 6.79. The molecule has 1 aliphatic carbocycles. The predicted molar refractivity (Wildman–Crippen MR) is 170 cm³/mol. The summed E-state index contributed by atoms with van der Waals surface area (Å²) < 4.78 is 29.7. The zero-order valence-corrected chi connectivity index (χ0v) is 25.4. The van der Waals surface area contributed by atoms with Crippen molar-refractivity contribution in [1.29, 1.82) is 0 Å². The maximum atomic E-state index is 13.5. The van der Waals surface area contributed by atoms with Crippen LogP contribution in [0, 0.1) is 0 Å². The summed E-state index contributed by atoms with van der Waals surface area (Å²) in [7, 11) is -3.88. The van der Waals surface area contributed by atoms with E-state index < -0.39 is 10.0 Å². The largest absolute Gasteiger partial charge is 0.368 e. The third-order valence-corrected chi connectivity index (χ3v) is 10.1. The van der Waals surface area contributed by atoms with Gasteiger partial charge in [-0.15, -0.1) is 11.8 Å². The normalized spacial score (nSPS) is 16.7. The van der Waals surface area contributed by atoms with Gasteiger partial charge in [-0.25, -0.2) is 8.42 Å². The number of sulfonamides is 1. The van der Waals surface area contributed by atoms with Crippen molar-refractivity contribution in [3.63, 3.8) is 0 Å². The van der Waals surface area contributed by atoms with E-state index in [1.54, 1.807) is 55.2 Å². The van der Waals surface area contributed by atoms with Gasteiger partial charge in [0, 0.05) is 54.2 Å². The van der Waals surface area contributed by atoms with Crippen molar-refractivity contribution in [2.75, 3.05) is 42.1 Å². The van der Waals surface area contributed by atoms with Gasteiger partial charge in [0.1, 0.15) is 4.90 Å². The Labute approximate surface area is 248 Å². The lowest BCUT2D eigenvalue weighted by Crippen LogP contribution is -2.48. The molecule has 2 fully saturated rings. The van der Waals surface area contributed by atoms with Crippen molar-refractivity contribution in [3.05, 3.63) is 77.9 Å². The van der Waals surface area contributed by atoms with Gasteiger partial charge in [0.05, 0.1) is 5.69 Å². The second kappa shape index (κ2) is 13.1. The molecule has 1 saturated heterocycles.